The average molecular weight is 484 g/mol. The van der Waals surface area contributed by atoms with Crippen LogP contribution in [0.4, 0.5) is 5.69 Å². The molecule has 1 saturated carbocycles. The van der Waals surface area contributed by atoms with Crippen molar-refractivity contribution in [2.45, 2.75) is 46.6 Å². The van der Waals surface area contributed by atoms with Crippen LogP contribution >= 0.6 is 11.9 Å². The Hall–Kier alpha value is -3.50. The van der Waals surface area contributed by atoms with E-state index in [9.17, 15) is 5.26 Å². The average Bonchev–Trinajstić information content (AvgIpc) is 3.61. The van der Waals surface area contributed by atoms with E-state index in [0.717, 1.165) is 57.8 Å². The molecule has 35 heavy (non-hydrogen) atoms. The summed E-state index contributed by atoms with van der Waals surface area (Å²) in [6.07, 6.45) is 5.28. The highest BCUT2D eigenvalue weighted by Crippen LogP contribution is 2.41. The molecule has 6 nitrogen and oxygen atoms in total. The Morgan fingerprint density at radius 2 is 2.03 bits per heavy atom. The van der Waals surface area contributed by atoms with Crippen molar-refractivity contribution in [1.29, 1.82) is 5.26 Å². The van der Waals surface area contributed by atoms with Gasteiger partial charge in [0.25, 0.3) is 0 Å². The van der Waals surface area contributed by atoms with E-state index < -0.39 is 0 Å². The van der Waals surface area contributed by atoms with Gasteiger partial charge in [0.2, 0.25) is 0 Å². The number of aryl methyl sites for hydroxylation is 2. The molecule has 2 heterocycles. The molecule has 4 aromatic rings. The first-order valence-electron chi connectivity index (χ1n) is 12.1. The molecule has 2 aromatic heterocycles. The lowest BCUT2D eigenvalue weighted by molar-refractivity contribution is 0.440. The van der Waals surface area contributed by atoms with Gasteiger partial charge in [0.1, 0.15) is 11.8 Å². The largest absolute Gasteiger partial charge is 0.424 e. The summed E-state index contributed by atoms with van der Waals surface area (Å²) in [4.78, 5) is 8.59. The van der Waals surface area contributed by atoms with E-state index in [2.05, 4.69) is 57.4 Å². The summed E-state index contributed by atoms with van der Waals surface area (Å²) in [6, 6.07) is 17.0. The maximum Gasteiger partial charge on any atom is 0.322 e. The van der Waals surface area contributed by atoms with Gasteiger partial charge < -0.3 is 14.0 Å². The summed E-state index contributed by atoms with van der Waals surface area (Å²) in [7, 11) is 0. The lowest BCUT2D eigenvalue weighted by atomic mass is 10.0. The van der Waals surface area contributed by atoms with Gasteiger partial charge in [-0.2, -0.15) is 5.26 Å². The molecular formula is C28H29N5OS. The fraction of sp³-hybridized carbons (Fsp3) is 0.321. The lowest BCUT2D eigenvalue weighted by Gasteiger charge is -2.15. The third-order valence-corrected chi connectivity index (χ3v) is 7.24. The van der Waals surface area contributed by atoms with Gasteiger partial charge in [0.15, 0.2) is 0 Å². The van der Waals surface area contributed by atoms with Crippen LogP contribution in [-0.4, -0.2) is 20.3 Å². The molecular weight excluding hydrogens is 454 g/mol. The number of ether oxygens (including phenoxy) is 1. The van der Waals surface area contributed by atoms with Crippen molar-refractivity contribution >= 4 is 28.5 Å². The minimum absolute atomic E-state index is 0.324. The van der Waals surface area contributed by atoms with E-state index in [-0.39, 0.29) is 0 Å². The third-order valence-electron chi connectivity index (χ3n) is 6.25. The minimum atomic E-state index is 0.324. The number of nitrogens with one attached hydrogen (secondary N) is 1. The Morgan fingerprint density at radius 3 is 2.74 bits per heavy atom. The molecule has 5 rings (SSSR count). The summed E-state index contributed by atoms with van der Waals surface area (Å²) in [5.41, 5.74) is 6.88. The van der Waals surface area contributed by atoms with Crippen LogP contribution in [0.1, 0.15) is 43.0 Å². The second-order valence-electron chi connectivity index (χ2n) is 9.13. The quantitative estimate of drug-likeness (QED) is 0.199. The van der Waals surface area contributed by atoms with Crippen LogP contribution in [0.2, 0.25) is 0 Å². The van der Waals surface area contributed by atoms with Crippen LogP contribution in [0.3, 0.4) is 0 Å². The van der Waals surface area contributed by atoms with E-state index in [1.54, 1.807) is 18.1 Å². The van der Waals surface area contributed by atoms with Gasteiger partial charge in [-0.3, -0.25) is 0 Å². The second kappa shape index (κ2) is 10.0. The summed E-state index contributed by atoms with van der Waals surface area (Å²) >= 11 is 1.72. The SMILES string of the molecule is CCCSNc1ccc(-c2c(C#N)c3ccc(Oc4nccc(C)n4)cc3n2CC2CC2)c(C)c1. The topological polar surface area (TPSA) is 75.8 Å². The number of aromatic nitrogens is 3. The van der Waals surface area contributed by atoms with E-state index in [0.29, 0.717) is 23.2 Å². The van der Waals surface area contributed by atoms with Gasteiger partial charge in [0.05, 0.1) is 16.8 Å². The predicted octanol–water partition coefficient (Wildman–Crippen LogP) is 7.26. The third kappa shape index (κ3) is 4.98. The highest BCUT2D eigenvalue weighted by molar-refractivity contribution is 8.00. The van der Waals surface area contributed by atoms with Crippen molar-refractivity contribution in [1.82, 2.24) is 14.5 Å². The molecule has 0 unspecified atom stereocenters. The van der Waals surface area contributed by atoms with Crippen molar-refractivity contribution in [3.8, 4) is 29.1 Å². The molecule has 2 aromatic carbocycles. The summed E-state index contributed by atoms with van der Waals surface area (Å²) in [5, 5.41) is 11.2. The summed E-state index contributed by atoms with van der Waals surface area (Å²) in [6.45, 7) is 7.10. The van der Waals surface area contributed by atoms with Crippen molar-refractivity contribution < 1.29 is 4.74 Å². The van der Waals surface area contributed by atoms with Crippen LogP contribution in [0.5, 0.6) is 11.8 Å². The van der Waals surface area contributed by atoms with E-state index in [1.165, 1.54) is 12.8 Å². The van der Waals surface area contributed by atoms with Crippen molar-refractivity contribution in [3.05, 3.63) is 65.5 Å². The van der Waals surface area contributed by atoms with Crippen molar-refractivity contribution in [2.24, 2.45) is 5.92 Å². The van der Waals surface area contributed by atoms with Crippen molar-refractivity contribution in [2.75, 3.05) is 10.5 Å². The Labute approximate surface area is 210 Å². The standard InChI is InChI=1S/C28H29N5OS/c1-4-13-35-32-21-7-9-23(18(2)14-21)27-25(16-29)24-10-8-22(34-28-30-12-11-19(3)31-28)15-26(24)33(27)17-20-5-6-20/h7-12,14-15,20,32H,4-6,13,17H2,1-3H3. The number of rotatable bonds is 9. The molecule has 0 bridgehead atoms. The normalized spacial score (nSPS) is 13.1. The Balaban J connectivity index is 1.59. The van der Waals surface area contributed by atoms with Crippen LogP contribution < -0.4 is 9.46 Å². The number of nitrogens with zero attached hydrogens (tertiary/aromatic N) is 4. The number of hydrogen-bond acceptors (Lipinski definition) is 6. The lowest BCUT2D eigenvalue weighted by Crippen LogP contribution is -2.04. The molecule has 178 valence electrons. The molecule has 1 N–H and O–H groups in total. The maximum absolute atomic E-state index is 10.2. The summed E-state index contributed by atoms with van der Waals surface area (Å²) < 4.78 is 11.7. The number of benzene rings is 2. The molecule has 1 aliphatic rings. The second-order valence-corrected chi connectivity index (χ2v) is 10.0. The van der Waals surface area contributed by atoms with Gasteiger partial charge in [-0.1, -0.05) is 24.9 Å². The maximum atomic E-state index is 10.2. The zero-order valence-electron chi connectivity index (χ0n) is 20.3. The van der Waals surface area contributed by atoms with Gasteiger partial charge in [-0.25, -0.2) is 9.97 Å². The molecule has 0 amide bonds. The fourth-order valence-electron chi connectivity index (χ4n) is 4.34. The van der Waals surface area contributed by atoms with Crippen LogP contribution in [0.25, 0.3) is 22.2 Å². The Kier molecular flexibility index (Phi) is 6.65. The fourth-order valence-corrected chi connectivity index (χ4v) is 4.94. The molecule has 0 radical (unpaired) electrons. The first-order valence-corrected chi connectivity index (χ1v) is 13.1. The number of nitriles is 1. The van der Waals surface area contributed by atoms with E-state index in [1.807, 2.05) is 31.2 Å². The van der Waals surface area contributed by atoms with Gasteiger partial charge in [-0.15, -0.1) is 0 Å². The Bertz CT molecular complexity index is 1420. The van der Waals surface area contributed by atoms with E-state index >= 15 is 0 Å². The first kappa shape index (κ1) is 23.3. The van der Waals surface area contributed by atoms with Crippen molar-refractivity contribution in [3.63, 3.8) is 0 Å². The molecule has 0 spiro atoms. The number of anilines is 1. The first-order chi connectivity index (χ1) is 17.1. The monoisotopic (exact) mass is 483 g/mol. The smallest absolute Gasteiger partial charge is 0.322 e. The molecule has 1 aliphatic carbocycles. The van der Waals surface area contributed by atoms with Gasteiger partial charge >= 0.3 is 6.01 Å². The van der Waals surface area contributed by atoms with Gasteiger partial charge in [0, 0.05) is 46.9 Å². The minimum Gasteiger partial charge on any atom is -0.424 e. The molecule has 1 fully saturated rings. The molecule has 0 atom stereocenters. The molecule has 7 heteroatoms. The number of hydrogen-bond donors (Lipinski definition) is 1. The molecule has 0 saturated heterocycles. The zero-order chi connectivity index (χ0) is 24.4. The van der Waals surface area contributed by atoms with E-state index in [4.69, 9.17) is 4.74 Å². The molecule has 0 aliphatic heterocycles. The van der Waals surface area contributed by atoms with Crippen LogP contribution in [-0.2, 0) is 6.54 Å². The van der Waals surface area contributed by atoms with Crippen LogP contribution in [0.15, 0.2) is 48.7 Å². The zero-order valence-corrected chi connectivity index (χ0v) is 21.2. The van der Waals surface area contributed by atoms with Gasteiger partial charge in [-0.05, 0) is 74.9 Å². The predicted molar refractivity (Wildman–Crippen MR) is 143 cm³/mol. The van der Waals surface area contributed by atoms with Crippen LogP contribution in [0, 0.1) is 31.1 Å². The summed E-state index contributed by atoms with van der Waals surface area (Å²) in [5.74, 6) is 2.37. The highest BCUT2D eigenvalue weighted by atomic mass is 32.2. The number of fused-ring (bicyclic) bond motifs is 1. The Morgan fingerprint density at radius 1 is 1.17 bits per heavy atom. The highest BCUT2D eigenvalue weighted by Gasteiger charge is 2.27.